The van der Waals surface area contributed by atoms with E-state index in [1.807, 2.05) is 26.2 Å². The van der Waals surface area contributed by atoms with Crippen molar-refractivity contribution < 1.29 is 19.0 Å². The Morgan fingerprint density at radius 3 is 2.76 bits per heavy atom. The average molecular weight is 348 g/mol. The van der Waals surface area contributed by atoms with Crippen LogP contribution in [0.4, 0.5) is 0 Å². The van der Waals surface area contributed by atoms with E-state index in [-0.39, 0.29) is 12.3 Å². The normalized spacial score (nSPS) is 10.8. The number of ether oxygens (including phenoxy) is 3. The lowest BCUT2D eigenvalue weighted by atomic mass is 10.1. The minimum atomic E-state index is -0.535. The predicted octanol–water partition coefficient (Wildman–Crippen LogP) is 1.99. The highest BCUT2D eigenvalue weighted by Crippen LogP contribution is 2.38. The summed E-state index contributed by atoms with van der Waals surface area (Å²) < 4.78 is 16.4. The van der Waals surface area contributed by atoms with Gasteiger partial charge in [-0.2, -0.15) is 10.3 Å². The number of para-hydroxylation sites is 1. The zero-order chi connectivity index (χ0) is 18.2. The first kappa shape index (κ1) is 18.7. The number of carbonyl (C=O) groups is 1. The summed E-state index contributed by atoms with van der Waals surface area (Å²) >= 11 is 0. The largest absolute Gasteiger partial charge is 0.493 e. The van der Waals surface area contributed by atoms with Crippen molar-refractivity contribution in [2.24, 2.45) is 0 Å². The molecule has 0 unspecified atom stereocenters. The molecular formula is C17H24N4O4. The molecule has 1 heterocycles. The Kier molecular flexibility index (Phi) is 6.76. The van der Waals surface area contributed by atoms with Crippen LogP contribution in [0.2, 0.25) is 0 Å². The molecule has 2 aromatic rings. The zero-order valence-electron chi connectivity index (χ0n) is 15.0. The SMILES string of the molecule is CCOC(=O)c1n[nH]nc1-c1cccc(OC)c1OCCCN(C)C. The van der Waals surface area contributed by atoms with Crippen LogP contribution in [0.5, 0.6) is 11.5 Å². The summed E-state index contributed by atoms with van der Waals surface area (Å²) in [6, 6.07) is 5.42. The molecule has 8 nitrogen and oxygen atoms in total. The molecule has 0 saturated heterocycles. The molecular weight excluding hydrogens is 324 g/mol. The van der Waals surface area contributed by atoms with Crippen molar-refractivity contribution in [1.29, 1.82) is 0 Å². The van der Waals surface area contributed by atoms with Gasteiger partial charge in [0.2, 0.25) is 0 Å². The first-order valence-corrected chi connectivity index (χ1v) is 8.11. The molecule has 25 heavy (non-hydrogen) atoms. The Hall–Kier alpha value is -2.61. The summed E-state index contributed by atoms with van der Waals surface area (Å²) in [4.78, 5) is 14.2. The predicted molar refractivity (Wildman–Crippen MR) is 93.0 cm³/mol. The topological polar surface area (TPSA) is 89.6 Å². The monoisotopic (exact) mass is 348 g/mol. The molecule has 8 heteroatoms. The lowest BCUT2D eigenvalue weighted by molar-refractivity contribution is 0.0520. The standard InChI is InChI=1S/C17H24N4O4/c1-5-24-17(22)15-14(18-20-19-15)12-8-6-9-13(23-4)16(12)25-11-7-10-21(2)3/h6,8-9H,5,7,10-11H2,1-4H3,(H,18,19,20). The number of benzene rings is 1. The maximum absolute atomic E-state index is 12.1. The quantitative estimate of drug-likeness (QED) is 0.547. The highest BCUT2D eigenvalue weighted by molar-refractivity contribution is 5.95. The summed E-state index contributed by atoms with van der Waals surface area (Å²) in [6.45, 7) is 3.42. The molecule has 1 aromatic carbocycles. The summed E-state index contributed by atoms with van der Waals surface area (Å²) in [5.74, 6) is 0.566. The molecule has 0 fully saturated rings. The summed E-state index contributed by atoms with van der Waals surface area (Å²) in [6.07, 6.45) is 0.855. The molecule has 0 bridgehead atoms. The molecule has 0 aliphatic rings. The van der Waals surface area contributed by atoms with Gasteiger partial charge in [-0.3, -0.25) is 0 Å². The van der Waals surface area contributed by atoms with Gasteiger partial charge in [0.15, 0.2) is 17.2 Å². The molecule has 0 spiro atoms. The van der Waals surface area contributed by atoms with E-state index < -0.39 is 5.97 Å². The number of H-pyrrole nitrogens is 1. The van der Waals surface area contributed by atoms with Gasteiger partial charge in [-0.1, -0.05) is 6.07 Å². The van der Waals surface area contributed by atoms with Crippen molar-refractivity contribution >= 4 is 5.97 Å². The van der Waals surface area contributed by atoms with Crippen LogP contribution < -0.4 is 9.47 Å². The molecule has 1 N–H and O–H groups in total. The molecule has 0 aliphatic carbocycles. The third kappa shape index (κ3) is 4.69. The van der Waals surface area contributed by atoms with Crippen molar-refractivity contribution in [3.8, 4) is 22.8 Å². The fraction of sp³-hybridized carbons (Fsp3) is 0.471. The van der Waals surface area contributed by atoms with E-state index in [0.717, 1.165) is 13.0 Å². The summed E-state index contributed by atoms with van der Waals surface area (Å²) in [7, 11) is 5.59. The Labute approximate surface area is 147 Å². The second kappa shape index (κ2) is 9.03. The number of rotatable bonds is 9. The van der Waals surface area contributed by atoms with Gasteiger partial charge in [0.25, 0.3) is 0 Å². The number of nitrogens with zero attached hydrogens (tertiary/aromatic N) is 3. The van der Waals surface area contributed by atoms with E-state index in [1.54, 1.807) is 20.1 Å². The minimum absolute atomic E-state index is 0.119. The number of hydrogen-bond donors (Lipinski definition) is 1. The minimum Gasteiger partial charge on any atom is -0.493 e. The number of esters is 1. The summed E-state index contributed by atoms with van der Waals surface area (Å²) in [5, 5.41) is 10.5. The van der Waals surface area contributed by atoms with Crippen LogP contribution in [0.3, 0.4) is 0 Å². The van der Waals surface area contributed by atoms with Gasteiger partial charge in [-0.05, 0) is 39.6 Å². The highest BCUT2D eigenvalue weighted by Gasteiger charge is 2.23. The maximum Gasteiger partial charge on any atom is 0.361 e. The Morgan fingerprint density at radius 1 is 1.28 bits per heavy atom. The molecule has 0 radical (unpaired) electrons. The van der Waals surface area contributed by atoms with E-state index in [9.17, 15) is 4.79 Å². The molecule has 0 amide bonds. The molecule has 0 atom stereocenters. The molecule has 0 saturated carbocycles. The van der Waals surface area contributed by atoms with Gasteiger partial charge in [0.1, 0.15) is 5.69 Å². The van der Waals surface area contributed by atoms with E-state index in [4.69, 9.17) is 14.2 Å². The number of methoxy groups -OCH3 is 1. The zero-order valence-corrected chi connectivity index (χ0v) is 15.0. The van der Waals surface area contributed by atoms with Gasteiger partial charge < -0.3 is 19.1 Å². The lowest BCUT2D eigenvalue weighted by Crippen LogP contribution is -2.16. The van der Waals surface area contributed by atoms with Crippen LogP contribution in [0, 0.1) is 0 Å². The van der Waals surface area contributed by atoms with Gasteiger partial charge in [-0.25, -0.2) is 4.79 Å². The van der Waals surface area contributed by atoms with Crippen LogP contribution in [0.25, 0.3) is 11.3 Å². The number of nitrogens with one attached hydrogen (secondary N) is 1. The molecule has 2 rings (SSSR count). The van der Waals surface area contributed by atoms with E-state index in [1.165, 1.54) is 0 Å². The van der Waals surface area contributed by atoms with Crippen LogP contribution in [0.1, 0.15) is 23.8 Å². The van der Waals surface area contributed by atoms with Gasteiger partial charge >= 0.3 is 5.97 Å². The van der Waals surface area contributed by atoms with Crippen LogP contribution in [-0.4, -0.2) is 67.2 Å². The first-order chi connectivity index (χ1) is 12.1. The number of aromatic amines is 1. The third-order valence-corrected chi connectivity index (χ3v) is 3.47. The maximum atomic E-state index is 12.1. The third-order valence-electron chi connectivity index (χ3n) is 3.47. The first-order valence-electron chi connectivity index (χ1n) is 8.11. The van der Waals surface area contributed by atoms with Gasteiger partial charge in [0.05, 0.1) is 25.9 Å². The second-order valence-corrected chi connectivity index (χ2v) is 5.58. The number of hydrogen-bond acceptors (Lipinski definition) is 7. The smallest absolute Gasteiger partial charge is 0.361 e. The van der Waals surface area contributed by atoms with Gasteiger partial charge in [0, 0.05) is 6.54 Å². The Bertz CT molecular complexity index is 700. The fourth-order valence-electron chi connectivity index (χ4n) is 2.33. The Balaban J connectivity index is 2.32. The average Bonchev–Trinajstić information content (AvgIpc) is 3.08. The number of aromatic nitrogens is 3. The second-order valence-electron chi connectivity index (χ2n) is 5.58. The van der Waals surface area contributed by atoms with Crippen molar-refractivity contribution in [2.45, 2.75) is 13.3 Å². The molecule has 136 valence electrons. The Morgan fingerprint density at radius 2 is 2.08 bits per heavy atom. The van der Waals surface area contributed by atoms with Crippen LogP contribution in [0.15, 0.2) is 18.2 Å². The van der Waals surface area contributed by atoms with Gasteiger partial charge in [-0.15, -0.1) is 5.10 Å². The summed E-state index contributed by atoms with van der Waals surface area (Å²) in [5.41, 5.74) is 1.12. The molecule has 0 aliphatic heterocycles. The van der Waals surface area contributed by atoms with E-state index in [0.29, 0.717) is 29.4 Å². The van der Waals surface area contributed by atoms with Crippen molar-refractivity contribution in [3.05, 3.63) is 23.9 Å². The van der Waals surface area contributed by atoms with Crippen molar-refractivity contribution in [3.63, 3.8) is 0 Å². The number of carbonyl (C=O) groups excluding carboxylic acids is 1. The van der Waals surface area contributed by atoms with Crippen molar-refractivity contribution in [1.82, 2.24) is 20.3 Å². The molecule has 1 aromatic heterocycles. The van der Waals surface area contributed by atoms with E-state index >= 15 is 0 Å². The highest BCUT2D eigenvalue weighted by atomic mass is 16.5. The van der Waals surface area contributed by atoms with Crippen LogP contribution >= 0.6 is 0 Å². The van der Waals surface area contributed by atoms with Crippen LogP contribution in [-0.2, 0) is 4.74 Å². The van der Waals surface area contributed by atoms with Crippen molar-refractivity contribution in [2.75, 3.05) is 41.0 Å². The van der Waals surface area contributed by atoms with E-state index in [2.05, 4.69) is 20.3 Å². The fourth-order valence-corrected chi connectivity index (χ4v) is 2.33. The lowest BCUT2D eigenvalue weighted by Gasteiger charge is -2.15.